The minimum Gasteiger partial charge on any atom is -0.385 e. The number of fused-ring (bicyclic) bond motifs is 3. The smallest absolute Gasteiger partial charge is 0.158 e. The third kappa shape index (κ3) is 8.73. The van der Waals surface area contributed by atoms with E-state index in [9.17, 15) is 9.59 Å². The molecular formula is C49H55N3O2. The first-order chi connectivity index (χ1) is 26.6. The number of ketones is 2. The van der Waals surface area contributed by atoms with Crippen molar-refractivity contribution >= 4 is 33.4 Å². The lowest BCUT2D eigenvalue weighted by atomic mass is 9.84. The lowest BCUT2D eigenvalue weighted by molar-refractivity contribution is -0.116. The van der Waals surface area contributed by atoms with Gasteiger partial charge >= 0.3 is 0 Å². The van der Waals surface area contributed by atoms with Crippen molar-refractivity contribution in [2.24, 2.45) is 0 Å². The van der Waals surface area contributed by atoms with Crippen molar-refractivity contribution in [2.45, 2.75) is 121 Å². The normalized spacial score (nSPS) is 20.9. The van der Waals surface area contributed by atoms with Crippen LogP contribution in [-0.4, -0.2) is 22.6 Å². The van der Waals surface area contributed by atoms with Gasteiger partial charge in [-0.1, -0.05) is 137 Å². The SMILES string of the molecule is O=C1C=C(NCc2ccc3[nH]c4c(-c5cccc(C6CC(=O)C=C(NC7CCCCCCCCCCC7)C6)c5)cccc4c3c2)CC(c2ccccc2)C1. The van der Waals surface area contributed by atoms with Gasteiger partial charge in [-0.05, 0) is 71.9 Å². The van der Waals surface area contributed by atoms with Gasteiger partial charge in [0.15, 0.2) is 11.6 Å². The molecule has 0 saturated heterocycles. The summed E-state index contributed by atoms with van der Waals surface area (Å²) in [5, 5.41) is 9.87. The van der Waals surface area contributed by atoms with Gasteiger partial charge in [0.05, 0.1) is 5.52 Å². The first kappa shape index (κ1) is 36.1. The third-order valence-electron chi connectivity index (χ3n) is 12.2. The molecule has 1 aromatic heterocycles. The van der Waals surface area contributed by atoms with Crippen molar-refractivity contribution in [2.75, 3.05) is 0 Å². The average Bonchev–Trinajstić information content (AvgIpc) is 3.56. The lowest BCUT2D eigenvalue weighted by Crippen LogP contribution is -2.31. The monoisotopic (exact) mass is 717 g/mol. The van der Waals surface area contributed by atoms with Crippen LogP contribution in [0.4, 0.5) is 0 Å². The molecule has 3 N–H and O–H groups in total. The average molecular weight is 718 g/mol. The van der Waals surface area contributed by atoms with Gasteiger partial charge < -0.3 is 15.6 Å². The number of para-hydroxylation sites is 1. The van der Waals surface area contributed by atoms with Gasteiger partial charge in [-0.15, -0.1) is 0 Å². The molecule has 54 heavy (non-hydrogen) atoms. The Morgan fingerprint density at radius 1 is 0.574 bits per heavy atom. The molecule has 0 bridgehead atoms. The number of allylic oxidation sites excluding steroid dienone is 4. The van der Waals surface area contributed by atoms with Gasteiger partial charge in [0.25, 0.3) is 0 Å². The number of nitrogens with one attached hydrogen (secondary N) is 3. The van der Waals surface area contributed by atoms with Gasteiger partial charge in [0.2, 0.25) is 0 Å². The number of aromatic nitrogens is 1. The zero-order valence-corrected chi connectivity index (χ0v) is 31.7. The van der Waals surface area contributed by atoms with Crippen LogP contribution < -0.4 is 10.6 Å². The van der Waals surface area contributed by atoms with Crippen LogP contribution in [0.5, 0.6) is 0 Å². The van der Waals surface area contributed by atoms with E-state index < -0.39 is 0 Å². The summed E-state index contributed by atoms with van der Waals surface area (Å²) in [5.41, 5.74) is 10.4. The summed E-state index contributed by atoms with van der Waals surface area (Å²) >= 11 is 0. The van der Waals surface area contributed by atoms with Crippen molar-refractivity contribution < 1.29 is 9.59 Å². The van der Waals surface area contributed by atoms with Crippen molar-refractivity contribution in [3.8, 4) is 11.1 Å². The number of hydrogen-bond donors (Lipinski definition) is 3. The van der Waals surface area contributed by atoms with Crippen LogP contribution in [0.1, 0.15) is 125 Å². The Morgan fingerprint density at radius 3 is 1.98 bits per heavy atom. The van der Waals surface area contributed by atoms with Crippen molar-refractivity contribution in [3.05, 3.63) is 131 Å². The molecular weight excluding hydrogens is 663 g/mol. The lowest BCUT2D eigenvalue weighted by Gasteiger charge is -2.28. The van der Waals surface area contributed by atoms with Crippen molar-refractivity contribution in [3.63, 3.8) is 0 Å². The van der Waals surface area contributed by atoms with E-state index in [2.05, 4.69) is 101 Å². The molecule has 5 nitrogen and oxygen atoms in total. The first-order valence-corrected chi connectivity index (χ1v) is 20.7. The van der Waals surface area contributed by atoms with E-state index in [1.807, 2.05) is 12.1 Å². The van der Waals surface area contributed by atoms with E-state index >= 15 is 0 Å². The Balaban J connectivity index is 0.971. The molecule has 4 aromatic carbocycles. The van der Waals surface area contributed by atoms with Crippen molar-refractivity contribution in [1.29, 1.82) is 0 Å². The minimum absolute atomic E-state index is 0.172. The highest BCUT2D eigenvalue weighted by molar-refractivity contribution is 6.12. The number of aromatic amines is 1. The summed E-state index contributed by atoms with van der Waals surface area (Å²) in [6.45, 7) is 0.664. The molecule has 2 atom stereocenters. The van der Waals surface area contributed by atoms with Gasteiger partial charge in [0.1, 0.15) is 0 Å². The summed E-state index contributed by atoms with van der Waals surface area (Å²) in [6, 6.07) is 32.9. The zero-order chi connectivity index (χ0) is 36.7. The topological polar surface area (TPSA) is 74.0 Å². The number of rotatable bonds is 8. The Labute approximate surface area is 320 Å². The van der Waals surface area contributed by atoms with E-state index in [0.717, 1.165) is 35.3 Å². The molecule has 3 aliphatic carbocycles. The summed E-state index contributed by atoms with van der Waals surface area (Å²) in [7, 11) is 0. The van der Waals surface area contributed by atoms with Gasteiger partial charge in [-0.3, -0.25) is 9.59 Å². The fraction of sp³-hybridized carbons (Fsp3) is 0.388. The second kappa shape index (κ2) is 17.1. The highest BCUT2D eigenvalue weighted by Gasteiger charge is 2.25. The summed E-state index contributed by atoms with van der Waals surface area (Å²) in [5.74, 6) is 0.808. The van der Waals surface area contributed by atoms with Crippen LogP contribution >= 0.6 is 0 Å². The molecule has 0 aliphatic heterocycles. The van der Waals surface area contributed by atoms with Gasteiger partial charge in [-0.25, -0.2) is 0 Å². The summed E-state index contributed by atoms with van der Waals surface area (Å²) in [4.78, 5) is 29.5. The number of carbonyl (C=O) groups is 2. The standard InChI is InChI=1S/C49H55N3O2/c53-43-29-38(35-15-9-8-10-16-35)27-41(31-43)50-33-34-23-24-48-47(25-34)46-22-14-21-45(49(46)52-48)37-18-13-17-36(26-37)39-28-42(32-44(54)30-39)51-40-19-11-6-4-2-1-3-5-7-12-20-40/h8-10,13-18,21-26,31-32,38-40,50-52H,1-7,11-12,19-20,27-30,33H2. The Morgan fingerprint density at radius 2 is 1.22 bits per heavy atom. The number of carbonyl (C=O) groups excluding carboxylic acids is 2. The van der Waals surface area contributed by atoms with Crippen LogP contribution in [0, 0.1) is 0 Å². The van der Waals surface area contributed by atoms with Crippen LogP contribution in [0.3, 0.4) is 0 Å². The van der Waals surface area contributed by atoms with E-state index in [1.54, 1.807) is 6.08 Å². The Bertz CT molecular complexity index is 2150. The maximum absolute atomic E-state index is 13.1. The molecule has 5 aromatic rings. The molecule has 1 heterocycles. The van der Waals surface area contributed by atoms with Crippen LogP contribution in [0.15, 0.2) is 115 Å². The van der Waals surface area contributed by atoms with Gasteiger partial charge in [0, 0.05) is 70.8 Å². The number of H-pyrrole nitrogens is 1. The zero-order valence-electron chi connectivity index (χ0n) is 31.7. The quantitative estimate of drug-likeness (QED) is 0.149. The Hall–Kier alpha value is -4.90. The van der Waals surface area contributed by atoms with E-state index in [0.29, 0.717) is 25.4 Å². The second-order valence-electron chi connectivity index (χ2n) is 16.2. The predicted octanol–water partition coefficient (Wildman–Crippen LogP) is 11.7. The molecule has 0 spiro atoms. The highest BCUT2D eigenvalue weighted by atomic mass is 16.1. The van der Waals surface area contributed by atoms with Crippen LogP contribution in [-0.2, 0) is 16.1 Å². The first-order valence-electron chi connectivity index (χ1n) is 20.7. The van der Waals surface area contributed by atoms with E-state index in [1.165, 1.54) is 109 Å². The minimum atomic E-state index is 0.172. The number of benzene rings is 4. The fourth-order valence-electron chi connectivity index (χ4n) is 9.27. The fourth-order valence-corrected chi connectivity index (χ4v) is 9.27. The molecule has 2 unspecified atom stereocenters. The molecule has 1 saturated carbocycles. The summed E-state index contributed by atoms with van der Waals surface area (Å²) < 4.78 is 0. The molecule has 8 rings (SSSR count). The molecule has 0 amide bonds. The maximum atomic E-state index is 13.1. The van der Waals surface area contributed by atoms with Crippen molar-refractivity contribution in [1.82, 2.24) is 15.6 Å². The molecule has 1 fully saturated rings. The van der Waals surface area contributed by atoms with Crippen LogP contribution in [0.2, 0.25) is 0 Å². The van der Waals surface area contributed by atoms with Crippen LogP contribution in [0.25, 0.3) is 32.9 Å². The predicted molar refractivity (Wildman–Crippen MR) is 222 cm³/mol. The highest BCUT2D eigenvalue weighted by Crippen LogP contribution is 2.37. The molecule has 278 valence electrons. The van der Waals surface area contributed by atoms with E-state index in [4.69, 9.17) is 0 Å². The van der Waals surface area contributed by atoms with Gasteiger partial charge in [-0.2, -0.15) is 0 Å². The molecule has 0 radical (unpaired) electrons. The Kier molecular flexibility index (Phi) is 11.4. The molecule has 5 heteroatoms. The largest absolute Gasteiger partial charge is 0.385 e. The van der Waals surface area contributed by atoms with E-state index in [-0.39, 0.29) is 23.4 Å². The number of hydrogen-bond acceptors (Lipinski definition) is 4. The third-order valence-corrected chi connectivity index (χ3v) is 12.2. The molecule has 3 aliphatic rings. The second-order valence-corrected chi connectivity index (χ2v) is 16.2. The maximum Gasteiger partial charge on any atom is 0.158 e. The summed E-state index contributed by atoms with van der Waals surface area (Å²) in [6.07, 6.45) is 21.0.